The minimum atomic E-state index is -0.648. The number of likely N-dealkylation sites (tertiary alicyclic amines) is 1. The predicted molar refractivity (Wildman–Crippen MR) is 205 cm³/mol. The van der Waals surface area contributed by atoms with E-state index in [-0.39, 0.29) is 23.3 Å². The Morgan fingerprint density at radius 2 is 1.70 bits per heavy atom. The van der Waals surface area contributed by atoms with Crippen LogP contribution < -0.4 is 15.5 Å². The third-order valence-corrected chi connectivity index (χ3v) is 11.0. The number of imidazole rings is 1. The number of aromatic nitrogens is 5. The molecule has 14 heteroatoms. The van der Waals surface area contributed by atoms with E-state index in [4.69, 9.17) is 0 Å². The summed E-state index contributed by atoms with van der Waals surface area (Å²) in [4.78, 5) is 39.8. The second-order valence-corrected chi connectivity index (χ2v) is 14.6. The zero-order valence-corrected chi connectivity index (χ0v) is 31.1. The molecular formula is C40H48F2N10O2. The first-order valence-electron chi connectivity index (χ1n) is 18.8. The number of hydrogen-bond donors (Lipinski definition) is 3. The molecule has 0 spiro atoms. The number of nitrogens with zero attached hydrogens (tertiary/aromatic N) is 7. The molecule has 3 saturated heterocycles. The highest BCUT2D eigenvalue weighted by molar-refractivity contribution is 6.01. The quantitative estimate of drug-likeness (QED) is 0.163. The van der Waals surface area contributed by atoms with Gasteiger partial charge >= 0.3 is 0 Å². The van der Waals surface area contributed by atoms with Gasteiger partial charge in [-0.25, -0.2) is 18.7 Å². The standard InChI is InChI=1S/C24H36N4O2.C16H12F2N6/c1-18-5-3-4-12-26(18)13-14-27-15-16-28(17-19(27)2)21-8-6-20(7-9-21)22-10-11-23(29)25-24(22)30;1-9-4-11(13(18)5-12(9)17)14-8-20-15(16-19-2-3-24(14)16)23-10-6-21-22-7-10/h6-9,18-19,22H,3-5,10-17H2,1-2H3,(H,25,29,30);2-8H,1H3,(H,20,23)(H,21,22)/t18-,19?,22?;/m0./s1. The van der Waals surface area contributed by atoms with E-state index < -0.39 is 11.6 Å². The van der Waals surface area contributed by atoms with Crippen LogP contribution in [0, 0.1) is 18.6 Å². The maximum absolute atomic E-state index is 14.2. The molecule has 3 N–H and O–H groups in total. The number of aryl methyl sites for hydroxylation is 1. The third-order valence-electron chi connectivity index (χ3n) is 11.0. The summed E-state index contributed by atoms with van der Waals surface area (Å²) in [5.74, 6) is -1.25. The van der Waals surface area contributed by atoms with Crippen LogP contribution in [0.25, 0.3) is 16.9 Å². The number of nitrogens with one attached hydrogen (secondary N) is 3. The van der Waals surface area contributed by atoms with Crippen molar-refractivity contribution in [2.75, 3.05) is 49.5 Å². The molecule has 3 aromatic heterocycles. The smallest absolute Gasteiger partial charge is 0.234 e. The van der Waals surface area contributed by atoms with Gasteiger partial charge in [0.15, 0.2) is 11.5 Å². The summed E-state index contributed by atoms with van der Waals surface area (Å²) >= 11 is 0. The molecule has 3 aliphatic rings. The number of amides is 2. The molecule has 8 rings (SSSR count). The van der Waals surface area contributed by atoms with Crippen molar-refractivity contribution in [3.8, 4) is 11.3 Å². The fourth-order valence-corrected chi connectivity index (χ4v) is 7.75. The van der Waals surface area contributed by atoms with Gasteiger partial charge in [-0.3, -0.25) is 34.2 Å². The van der Waals surface area contributed by atoms with E-state index in [1.165, 1.54) is 50.3 Å². The molecule has 2 aromatic carbocycles. The van der Waals surface area contributed by atoms with Gasteiger partial charge in [0.1, 0.15) is 11.6 Å². The maximum atomic E-state index is 14.2. The molecule has 3 fully saturated rings. The molecule has 6 heterocycles. The number of carbonyl (C=O) groups is 2. The Bertz CT molecular complexity index is 2070. The number of H-pyrrole nitrogens is 1. The Hall–Kier alpha value is -5.21. The summed E-state index contributed by atoms with van der Waals surface area (Å²) in [6.07, 6.45) is 13.2. The molecule has 0 saturated carbocycles. The maximum Gasteiger partial charge on any atom is 0.234 e. The van der Waals surface area contributed by atoms with Crippen LogP contribution in [0.5, 0.6) is 0 Å². The van der Waals surface area contributed by atoms with E-state index in [2.05, 4.69) is 83.6 Å². The second-order valence-electron chi connectivity index (χ2n) is 14.6. The molecule has 0 bridgehead atoms. The minimum absolute atomic E-state index is 0.158. The normalized spacial score (nSPS) is 21.1. The summed E-state index contributed by atoms with van der Waals surface area (Å²) < 4.78 is 29.4. The van der Waals surface area contributed by atoms with Gasteiger partial charge in [0.2, 0.25) is 11.8 Å². The summed E-state index contributed by atoms with van der Waals surface area (Å²) in [6.45, 7) is 13.1. The number of anilines is 3. The molecule has 3 atom stereocenters. The monoisotopic (exact) mass is 738 g/mol. The van der Waals surface area contributed by atoms with Gasteiger partial charge < -0.3 is 10.2 Å². The van der Waals surface area contributed by atoms with Crippen LogP contribution in [0.15, 0.2) is 67.4 Å². The van der Waals surface area contributed by atoms with Crippen molar-refractivity contribution >= 4 is 34.7 Å². The zero-order chi connectivity index (χ0) is 37.8. The summed E-state index contributed by atoms with van der Waals surface area (Å²) in [6, 6.07) is 12.0. The van der Waals surface area contributed by atoms with E-state index in [0.717, 1.165) is 49.5 Å². The van der Waals surface area contributed by atoms with Gasteiger partial charge in [0.25, 0.3) is 0 Å². The number of rotatable bonds is 8. The van der Waals surface area contributed by atoms with Gasteiger partial charge in [-0.05, 0) is 75.9 Å². The SMILES string of the molecule is CC1CN(c2ccc(C3CCC(=O)NC3=O)cc2)CCN1CCN1CCCC[C@@H]1C.Cc1cc(-c2cnc(Nc3cn[nH]c3)c3nccn23)c(F)cc1F. The topological polar surface area (TPSA) is 127 Å². The number of carbonyl (C=O) groups excluding carboxylic acids is 2. The highest BCUT2D eigenvalue weighted by Crippen LogP contribution is 2.30. The average Bonchev–Trinajstić information content (AvgIpc) is 3.88. The number of fused-ring (bicyclic) bond motifs is 1. The van der Waals surface area contributed by atoms with Crippen molar-refractivity contribution < 1.29 is 18.4 Å². The zero-order valence-electron chi connectivity index (χ0n) is 31.1. The number of imide groups is 1. The lowest BCUT2D eigenvalue weighted by atomic mass is 9.90. The number of aromatic amines is 1. The van der Waals surface area contributed by atoms with Gasteiger partial charge in [0.05, 0.1) is 29.7 Å². The lowest BCUT2D eigenvalue weighted by Crippen LogP contribution is -2.54. The fraction of sp³-hybridized carbons (Fsp3) is 0.425. The Kier molecular flexibility index (Phi) is 11.3. The second kappa shape index (κ2) is 16.4. The van der Waals surface area contributed by atoms with Gasteiger partial charge in [-0.1, -0.05) is 18.6 Å². The van der Waals surface area contributed by atoms with Crippen LogP contribution in [-0.2, 0) is 9.59 Å². The first-order chi connectivity index (χ1) is 26.1. The number of halogens is 2. The van der Waals surface area contributed by atoms with Crippen molar-refractivity contribution in [3.63, 3.8) is 0 Å². The van der Waals surface area contributed by atoms with Crippen LogP contribution in [0.2, 0.25) is 0 Å². The molecule has 284 valence electrons. The first kappa shape index (κ1) is 37.1. The number of benzene rings is 2. The summed E-state index contributed by atoms with van der Waals surface area (Å²) in [7, 11) is 0. The highest BCUT2D eigenvalue weighted by Gasteiger charge is 2.29. The molecule has 5 aromatic rings. The van der Waals surface area contributed by atoms with Crippen LogP contribution in [0.3, 0.4) is 0 Å². The van der Waals surface area contributed by atoms with Gasteiger partial charge in [0, 0.05) is 87.1 Å². The van der Waals surface area contributed by atoms with Crippen molar-refractivity contribution in [3.05, 3.63) is 90.1 Å². The fourth-order valence-electron chi connectivity index (χ4n) is 7.75. The van der Waals surface area contributed by atoms with Crippen molar-refractivity contribution in [1.82, 2.24) is 39.7 Å². The van der Waals surface area contributed by atoms with Crippen LogP contribution >= 0.6 is 0 Å². The molecule has 54 heavy (non-hydrogen) atoms. The number of hydrogen-bond acceptors (Lipinski definition) is 9. The van der Waals surface area contributed by atoms with E-state index >= 15 is 0 Å². The molecule has 0 radical (unpaired) electrons. The molecule has 0 aliphatic carbocycles. The van der Waals surface area contributed by atoms with Crippen LogP contribution in [0.1, 0.15) is 63.0 Å². The molecule has 2 amide bonds. The molecule has 3 aliphatic heterocycles. The van der Waals surface area contributed by atoms with E-state index in [9.17, 15) is 18.4 Å². The van der Waals surface area contributed by atoms with E-state index in [1.54, 1.807) is 36.1 Å². The lowest BCUT2D eigenvalue weighted by Gasteiger charge is -2.42. The predicted octanol–water partition coefficient (Wildman–Crippen LogP) is 6.04. The van der Waals surface area contributed by atoms with E-state index in [1.807, 2.05) is 0 Å². The van der Waals surface area contributed by atoms with Gasteiger partial charge in [-0.2, -0.15) is 5.10 Å². The summed E-state index contributed by atoms with van der Waals surface area (Å²) in [5, 5.41) is 12.1. The van der Waals surface area contributed by atoms with Crippen molar-refractivity contribution in [1.29, 1.82) is 0 Å². The third kappa shape index (κ3) is 8.29. The molecule has 12 nitrogen and oxygen atoms in total. The number of piperazine rings is 1. The molecular weight excluding hydrogens is 691 g/mol. The van der Waals surface area contributed by atoms with Crippen LogP contribution in [0.4, 0.5) is 26.0 Å². The minimum Gasteiger partial charge on any atom is -0.369 e. The van der Waals surface area contributed by atoms with Crippen LogP contribution in [-0.4, -0.2) is 97.5 Å². The van der Waals surface area contributed by atoms with E-state index in [0.29, 0.717) is 41.6 Å². The summed E-state index contributed by atoms with van der Waals surface area (Å²) in [5.41, 5.74) is 4.59. The highest BCUT2D eigenvalue weighted by atomic mass is 19.1. The lowest BCUT2D eigenvalue weighted by molar-refractivity contribution is -0.134. The van der Waals surface area contributed by atoms with Gasteiger partial charge in [-0.15, -0.1) is 0 Å². The van der Waals surface area contributed by atoms with Crippen molar-refractivity contribution in [2.24, 2.45) is 0 Å². The Labute approximate surface area is 314 Å². The first-order valence-corrected chi connectivity index (χ1v) is 18.8. The average molecular weight is 739 g/mol. The Balaban J connectivity index is 0.000000171. The Morgan fingerprint density at radius 3 is 2.43 bits per heavy atom. The van der Waals surface area contributed by atoms with Crippen molar-refractivity contribution in [2.45, 2.75) is 70.9 Å². The molecule has 2 unspecified atom stereocenters. The number of piperidine rings is 2. The largest absolute Gasteiger partial charge is 0.369 e. The Morgan fingerprint density at radius 1 is 0.907 bits per heavy atom.